The van der Waals surface area contributed by atoms with Crippen LogP contribution in [0.5, 0.6) is 0 Å². The van der Waals surface area contributed by atoms with Crippen LogP contribution in [-0.2, 0) is 20.7 Å². The van der Waals surface area contributed by atoms with E-state index < -0.39 is 5.41 Å². The number of nitrogens with zero attached hydrogens (tertiary/aromatic N) is 3. The van der Waals surface area contributed by atoms with Crippen molar-refractivity contribution >= 4 is 41.1 Å². The molecule has 2 aromatic heterocycles. The average Bonchev–Trinajstić information content (AvgIpc) is 3.32. The van der Waals surface area contributed by atoms with Crippen LogP contribution in [0.15, 0.2) is 35.5 Å². The molecule has 5 rings (SSSR count). The van der Waals surface area contributed by atoms with Crippen LogP contribution in [0.2, 0.25) is 0 Å². The van der Waals surface area contributed by atoms with Crippen LogP contribution in [0.25, 0.3) is 12.2 Å². The molecule has 3 aliphatic rings. The molecule has 2 aromatic rings. The Morgan fingerprint density at radius 2 is 2.03 bits per heavy atom. The Kier molecular flexibility index (Phi) is 5.89. The van der Waals surface area contributed by atoms with Gasteiger partial charge in [0.15, 0.2) is 0 Å². The molecule has 0 bridgehead atoms. The summed E-state index contributed by atoms with van der Waals surface area (Å²) in [4.78, 5) is 36.0. The zero-order chi connectivity index (χ0) is 22.0. The first-order chi connectivity index (χ1) is 15.6. The van der Waals surface area contributed by atoms with Gasteiger partial charge in [0.05, 0.1) is 5.41 Å². The predicted octanol–water partition coefficient (Wildman–Crippen LogP) is 3.55. The summed E-state index contributed by atoms with van der Waals surface area (Å²) < 4.78 is 5.46. The zero-order valence-corrected chi connectivity index (χ0v) is 18.7. The Labute approximate surface area is 191 Å². The van der Waals surface area contributed by atoms with Gasteiger partial charge >= 0.3 is 0 Å². The Morgan fingerprint density at radius 3 is 2.78 bits per heavy atom. The van der Waals surface area contributed by atoms with E-state index in [0.717, 1.165) is 54.9 Å². The first-order valence-corrected chi connectivity index (χ1v) is 11.9. The summed E-state index contributed by atoms with van der Waals surface area (Å²) in [5.41, 5.74) is 2.84. The van der Waals surface area contributed by atoms with E-state index in [9.17, 15) is 9.59 Å². The summed E-state index contributed by atoms with van der Waals surface area (Å²) in [5.74, 6) is 0.698. The normalized spacial score (nSPS) is 20.3. The standard InChI is InChI=1S/C24H26N4O3S/c29-21(28-8-3-17(4-9-28)14-20-25-7-12-32-20)2-1-18-13-19-15-24(5-10-31-11-6-24)23(30)27-22(19)26-16-18/h1-2,7,12-14,16H,3-6,8-11,15H2,(H,26,27,30)/b2-1+. The van der Waals surface area contributed by atoms with Crippen LogP contribution in [-0.4, -0.2) is 53.0 Å². The number of pyridine rings is 1. The minimum atomic E-state index is -0.400. The summed E-state index contributed by atoms with van der Waals surface area (Å²) in [6, 6.07) is 2.04. The number of amides is 2. The molecule has 8 heteroatoms. The first kappa shape index (κ1) is 21.0. The van der Waals surface area contributed by atoms with Crippen molar-refractivity contribution in [2.24, 2.45) is 5.41 Å². The van der Waals surface area contributed by atoms with Crippen molar-refractivity contribution in [1.29, 1.82) is 0 Å². The molecular weight excluding hydrogens is 424 g/mol. The summed E-state index contributed by atoms with van der Waals surface area (Å²) in [6.07, 6.45) is 13.0. The fourth-order valence-corrected chi connectivity index (χ4v) is 5.25. The van der Waals surface area contributed by atoms with Crippen molar-refractivity contribution in [1.82, 2.24) is 14.9 Å². The minimum absolute atomic E-state index is 0.0187. The number of carbonyl (C=O) groups is 2. The second-order valence-corrected chi connectivity index (χ2v) is 9.56. The number of piperidine rings is 1. The number of aromatic nitrogens is 2. The predicted molar refractivity (Wildman–Crippen MR) is 124 cm³/mol. The molecule has 0 aliphatic carbocycles. The number of likely N-dealkylation sites (tertiary alicyclic amines) is 1. The fourth-order valence-electron chi connectivity index (χ4n) is 4.63. The van der Waals surface area contributed by atoms with Gasteiger partial charge in [-0.15, -0.1) is 11.3 Å². The molecule has 7 nitrogen and oxygen atoms in total. The van der Waals surface area contributed by atoms with Gasteiger partial charge in [-0.25, -0.2) is 9.97 Å². The van der Waals surface area contributed by atoms with Gasteiger partial charge in [-0.05, 0) is 61.4 Å². The smallest absolute Gasteiger partial charge is 0.246 e. The monoisotopic (exact) mass is 450 g/mol. The molecule has 2 saturated heterocycles. The number of fused-ring (bicyclic) bond motifs is 1. The fraction of sp³-hybridized carbons (Fsp3) is 0.417. The summed E-state index contributed by atoms with van der Waals surface area (Å²) in [5, 5.41) is 5.97. The van der Waals surface area contributed by atoms with E-state index in [2.05, 4.69) is 21.4 Å². The van der Waals surface area contributed by atoms with E-state index in [1.165, 1.54) is 5.57 Å². The lowest BCUT2D eigenvalue weighted by Gasteiger charge is -2.39. The number of carbonyl (C=O) groups excluding carboxylic acids is 2. The maximum absolute atomic E-state index is 12.7. The molecule has 2 amide bonds. The summed E-state index contributed by atoms with van der Waals surface area (Å²) >= 11 is 1.63. The van der Waals surface area contributed by atoms with Crippen LogP contribution < -0.4 is 5.32 Å². The van der Waals surface area contributed by atoms with Crippen LogP contribution in [0.4, 0.5) is 5.82 Å². The van der Waals surface area contributed by atoms with E-state index in [1.807, 2.05) is 28.6 Å². The van der Waals surface area contributed by atoms with Crippen molar-refractivity contribution in [2.45, 2.75) is 32.1 Å². The van der Waals surface area contributed by atoms with Gasteiger partial charge in [-0.1, -0.05) is 5.57 Å². The Balaban J connectivity index is 1.22. The Bertz CT molecular complexity index is 1060. The average molecular weight is 451 g/mol. The van der Waals surface area contributed by atoms with Gasteiger partial charge in [0.2, 0.25) is 11.8 Å². The van der Waals surface area contributed by atoms with Gasteiger partial charge in [0, 0.05) is 50.2 Å². The van der Waals surface area contributed by atoms with Crippen LogP contribution in [0, 0.1) is 5.41 Å². The quantitative estimate of drug-likeness (QED) is 0.723. The first-order valence-electron chi connectivity index (χ1n) is 11.1. The lowest BCUT2D eigenvalue weighted by atomic mass is 9.72. The van der Waals surface area contributed by atoms with Crippen LogP contribution >= 0.6 is 11.3 Å². The molecule has 1 N–H and O–H groups in total. The third kappa shape index (κ3) is 4.38. The SMILES string of the molecule is O=C(/C=C/c1cnc2c(c1)CC1(CCOCC1)C(=O)N2)N1CCC(=Cc2nccs2)CC1. The van der Waals surface area contributed by atoms with E-state index in [4.69, 9.17) is 4.74 Å². The van der Waals surface area contributed by atoms with Gasteiger partial charge in [-0.2, -0.15) is 0 Å². The lowest BCUT2D eigenvalue weighted by Crippen LogP contribution is -2.45. The molecule has 3 aliphatic heterocycles. The molecule has 0 saturated carbocycles. The number of hydrogen-bond donors (Lipinski definition) is 1. The van der Waals surface area contributed by atoms with Crippen molar-refractivity contribution in [3.8, 4) is 0 Å². The largest absolute Gasteiger partial charge is 0.381 e. The van der Waals surface area contributed by atoms with E-state index in [1.54, 1.807) is 23.6 Å². The van der Waals surface area contributed by atoms with E-state index in [0.29, 0.717) is 25.5 Å². The molecule has 0 radical (unpaired) electrons. The van der Waals surface area contributed by atoms with Crippen LogP contribution in [0.3, 0.4) is 0 Å². The molecular formula is C24H26N4O3S. The van der Waals surface area contributed by atoms with Crippen molar-refractivity contribution < 1.29 is 14.3 Å². The molecule has 0 aromatic carbocycles. The highest BCUT2D eigenvalue weighted by atomic mass is 32.1. The van der Waals surface area contributed by atoms with Crippen molar-refractivity contribution in [3.63, 3.8) is 0 Å². The minimum Gasteiger partial charge on any atom is -0.381 e. The number of anilines is 1. The molecule has 1 spiro atoms. The highest BCUT2D eigenvalue weighted by Crippen LogP contribution is 2.40. The molecule has 5 heterocycles. The highest BCUT2D eigenvalue weighted by molar-refractivity contribution is 7.10. The topological polar surface area (TPSA) is 84.4 Å². The molecule has 0 atom stereocenters. The Morgan fingerprint density at radius 1 is 1.22 bits per heavy atom. The number of thiazole rings is 1. The zero-order valence-electron chi connectivity index (χ0n) is 17.9. The molecule has 166 valence electrons. The second kappa shape index (κ2) is 8.96. The molecule has 32 heavy (non-hydrogen) atoms. The maximum Gasteiger partial charge on any atom is 0.246 e. The molecule has 2 fully saturated rings. The van der Waals surface area contributed by atoms with Crippen molar-refractivity contribution in [2.75, 3.05) is 31.6 Å². The van der Waals surface area contributed by atoms with Gasteiger partial charge in [0.1, 0.15) is 10.8 Å². The Hall–Kier alpha value is -2.84. The number of ether oxygens (including phenoxy) is 1. The van der Waals surface area contributed by atoms with Crippen molar-refractivity contribution in [3.05, 3.63) is 51.6 Å². The van der Waals surface area contributed by atoms with Gasteiger partial charge in [-0.3, -0.25) is 9.59 Å². The summed E-state index contributed by atoms with van der Waals surface area (Å²) in [6.45, 7) is 2.67. The van der Waals surface area contributed by atoms with E-state index in [-0.39, 0.29) is 11.8 Å². The third-order valence-corrected chi connectivity index (χ3v) is 7.32. The van der Waals surface area contributed by atoms with E-state index >= 15 is 0 Å². The lowest BCUT2D eigenvalue weighted by molar-refractivity contribution is -0.131. The highest BCUT2D eigenvalue weighted by Gasteiger charge is 2.43. The van der Waals surface area contributed by atoms with Gasteiger partial charge in [0.25, 0.3) is 0 Å². The number of hydrogen-bond acceptors (Lipinski definition) is 6. The van der Waals surface area contributed by atoms with Gasteiger partial charge < -0.3 is 15.0 Å². The number of nitrogens with one attached hydrogen (secondary N) is 1. The second-order valence-electron chi connectivity index (χ2n) is 8.63. The number of rotatable bonds is 3. The maximum atomic E-state index is 12.7. The third-order valence-electron chi connectivity index (χ3n) is 6.59. The molecule has 0 unspecified atom stereocenters. The summed E-state index contributed by atoms with van der Waals surface area (Å²) in [7, 11) is 0. The van der Waals surface area contributed by atoms with Crippen LogP contribution in [0.1, 0.15) is 41.8 Å².